The smallest absolute Gasteiger partial charge is 0.163 e. The summed E-state index contributed by atoms with van der Waals surface area (Å²) in [6, 6.07) is 8.94. The van der Waals surface area contributed by atoms with Crippen molar-refractivity contribution in [2.24, 2.45) is 10.2 Å². The zero-order valence-corrected chi connectivity index (χ0v) is 12.8. The van der Waals surface area contributed by atoms with E-state index in [1.54, 1.807) is 0 Å². The van der Waals surface area contributed by atoms with Gasteiger partial charge in [0.25, 0.3) is 0 Å². The third-order valence-electron chi connectivity index (χ3n) is 2.73. The molecule has 104 valence electrons. The molecule has 2 aromatic carbocycles. The molecule has 0 amide bonds. The Labute approximate surface area is 131 Å². The molecule has 0 aliphatic carbocycles. The molecule has 0 saturated carbocycles. The maximum absolute atomic E-state index is 9.83. The van der Waals surface area contributed by atoms with Gasteiger partial charge in [-0.25, -0.2) is 0 Å². The van der Waals surface area contributed by atoms with Crippen molar-refractivity contribution in [2.45, 2.75) is 13.3 Å². The summed E-state index contributed by atoms with van der Waals surface area (Å²) in [6.07, 6.45) is 0.952. The van der Waals surface area contributed by atoms with Crippen LogP contribution < -0.4 is 0 Å². The number of nitrogens with zero attached hydrogens (tertiary/aromatic N) is 2. The highest BCUT2D eigenvalue weighted by molar-refractivity contribution is 6.45. The highest BCUT2D eigenvalue weighted by Gasteiger charge is 2.14. The molecule has 0 spiro atoms. The van der Waals surface area contributed by atoms with Crippen LogP contribution in [0.3, 0.4) is 0 Å². The maximum Gasteiger partial charge on any atom is 0.163 e. The summed E-state index contributed by atoms with van der Waals surface area (Å²) in [5, 5.41) is 18.2. The molecule has 0 unspecified atom stereocenters. The average molecular weight is 330 g/mol. The van der Waals surface area contributed by atoms with Gasteiger partial charge in [-0.2, -0.15) is 5.11 Å². The van der Waals surface area contributed by atoms with Gasteiger partial charge in [-0.1, -0.05) is 53.9 Å². The molecule has 2 rings (SSSR count). The topological polar surface area (TPSA) is 45.0 Å². The van der Waals surface area contributed by atoms with Gasteiger partial charge in [0.2, 0.25) is 0 Å². The summed E-state index contributed by atoms with van der Waals surface area (Å²) >= 11 is 17.7. The Kier molecular flexibility index (Phi) is 4.86. The van der Waals surface area contributed by atoms with Crippen molar-refractivity contribution in [3.8, 4) is 5.75 Å². The van der Waals surface area contributed by atoms with Crippen LogP contribution in [-0.2, 0) is 6.42 Å². The van der Waals surface area contributed by atoms with Crippen LogP contribution in [0.2, 0.25) is 15.1 Å². The average Bonchev–Trinajstić information content (AvgIpc) is 2.46. The second-order valence-corrected chi connectivity index (χ2v) is 5.26. The molecule has 0 saturated heterocycles. The number of phenols is 1. The predicted octanol–water partition coefficient (Wildman–Crippen LogP) is 6.33. The van der Waals surface area contributed by atoms with E-state index in [1.807, 2.05) is 24.3 Å². The lowest BCUT2D eigenvalue weighted by Gasteiger charge is -2.05. The number of azo groups is 1. The van der Waals surface area contributed by atoms with Gasteiger partial charge in [-0.05, 0) is 30.2 Å². The van der Waals surface area contributed by atoms with Gasteiger partial charge in [0.15, 0.2) is 5.75 Å². The zero-order chi connectivity index (χ0) is 14.7. The number of rotatable bonds is 3. The Hall–Kier alpha value is -1.29. The minimum Gasteiger partial charge on any atom is -0.504 e. The molecule has 1 N–H and O–H groups in total. The summed E-state index contributed by atoms with van der Waals surface area (Å²) in [5.41, 5.74) is 1.91. The molecule has 0 fully saturated rings. The minimum atomic E-state index is -0.241. The molecule has 0 atom stereocenters. The van der Waals surface area contributed by atoms with E-state index in [2.05, 4.69) is 17.2 Å². The quantitative estimate of drug-likeness (QED) is 0.519. The zero-order valence-electron chi connectivity index (χ0n) is 10.6. The number of halogens is 3. The van der Waals surface area contributed by atoms with Crippen molar-refractivity contribution < 1.29 is 5.11 Å². The van der Waals surface area contributed by atoms with Crippen LogP contribution in [0.15, 0.2) is 40.6 Å². The van der Waals surface area contributed by atoms with E-state index in [1.165, 1.54) is 11.6 Å². The van der Waals surface area contributed by atoms with E-state index >= 15 is 0 Å². The largest absolute Gasteiger partial charge is 0.504 e. The highest BCUT2D eigenvalue weighted by atomic mass is 35.5. The first-order valence-corrected chi connectivity index (χ1v) is 7.03. The molecule has 0 aromatic heterocycles. The van der Waals surface area contributed by atoms with Gasteiger partial charge in [-0.3, -0.25) is 0 Å². The molecule has 20 heavy (non-hydrogen) atoms. The lowest BCUT2D eigenvalue weighted by atomic mass is 10.2. The molecule has 0 bridgehead atoms. The molecule has 6 heteroatoms. The Morgan fingerprint density at radius 2 is 1.65 bits per heavy atom. The molecule has 3 nitrogen and oxygen atoms in total. The van der Waals surface area contributed by atoms with E-state index in [0.29, 0.717) is 5.69 Å². The third kappa shape index (κ3) is 3.23. The van der Waals surface area contributed by atoms with Gasteiger partial charge >= 0.3 is 0 Å². The fraction of sp³-hybridized carbons (Fsp3) is 0.143. The molecule has 2 aromatic rings. The number of benzene rings is 2. The molecule has 0 radical (unpaired) electrons. The molecular weight excluding hydrogens is 319 g/mol. The second kappa shape index (κ2) is 6.44. The number of hydrogen-bond donors (Lipinski definition) is 1. The van der Waals surface area contributed by atoms with E-state index in [0.717, 1.165) is 6.42 Å². The van der Waals surface area contributed by atoms with Gasteiger partial charge in [-0.15, -0.1) is 5.11 Å². The Bertz CT molecular complexity index is 628. The first-order valence-electron chi connectivity index (χ1n) is 5.90. The maximum atomic E-state index is 9.83. The van der Waals surface area contributed by atoms with Crippen molar-refractivity contribution in [3.63, 3.8) is 0 Å². The van der Waals surface area contributed by atoms with Crippen LogP contribution >= 0.6 is 34.8 Å². The molecular formula is C14H11Cl3N2O. The van der Waals surface area contributed by atoms with Crippen molar-refractivity contribution >= 4 is 46.2 Å². The predicted molar refractivity (Wildman–Crippen MR) is 83.1 cm³/mol. The number of aromatic hydroxyl groups is 1. The van der Waals surface area contributed by atoms with Gasteiger partial charge in [0, 0.05) is 0 Å². The van der Waals surface area contributed by atoms with Crippen LogP contribution in [-0.4, -0.2) is 5.11 Å². The first kappa shape index (κ1) is 15.1. The third-order valence-corrected chi connectivity index (χ3v) is 3.80. The minimum absolute atomic E-state index is 0.0590. The van der Waals surface area contributed by atoms with E-state index in [-0.39, 0.29) is 26.5 Å². The Morgan fingerprint density at radius 3 is 2.25 bits per heavy atom. The summed E-state index contributed by atoms with van der Waals surface area (Å²) in [7, 11) is 0. The van der Waals surface area contributed by atoms with Gasteiger partial charge in [0.05, 0.1) is 20.8 Å². The van der Waals surface area contributed by atoms with Crippen LogP contribution in [0.5, 0.6) is 5.75 Å². The van der Waals surface area contributed by atoms with Crippen molar-refractivity contribution in [2.75, 3.05) is 0 Å². The van der Waals surface area contributed by atoms with E-state index < -0.39 is 0 Å². The first-order chi connectivity index (χ1) is 9.52. The summed E-state index contributed by atoms with van der Waals surface area (Å²) in [5.74, 6) is -0.241. The van der Waals surface area contributed by atoms with Gasteiger partial charge in [0.1, 0.15) is 5.69 Å². The second-order valence-electron chi connectivity index (χ2n) is 4.07. The number of phenolic OH excluding ortho intramolecular Hbond substituents is 1. The SMILES string of the molecule is CCc1ccc(N=Nc2c(O)c(Cl)cc(Cl)c2Cl)cc1. The normalized spacial score (nSPS) is 11.2. The molecule has 0 heterocycles. The van der Waals surface area contributed by atoms with Crippen LogP contribution in [0.25, 0.3) is 0 Å². The Morgan fingerprint density at radius 1 is 1.00 bits per heavy atom. The highest BCUT2D eigenvalue weighted by Crippen LogP contribution is 2.44. The van der Waals surface area contributed by atoms with E-state index in [4.69, 9.17) is 34.8 Å². The van der Waals surface area contributed by atoms with Crippen LogP contribution in [0, 0.1) is 0 Å². The fourth-order valence-corrected chi connectivity index (χ4v) is 2.21. The summed E-state index contributed by atoms with van der Waals surface area (Å²) in [6.45, 7) is 2.07. The van der Waals surface area contributed by atoms with Crippen molar-refractivity contribution in [3.05, 3.63) is 51.0 Å². The standard InChI is InChI=1S/C14H11Cl3N2O/c1-2-8-3-5-9(6-4-8)18-19-13-12(17)10(15)7-11(16)14(13)20/h3-7,20H,2H2,1H3. The fourth-order valence-electron chi connectivity index (χ4n) is 1.57. The van der Waals surface area contributed by atoms with Gasteiger partial charge < -0.3 is 5.11 Å². The van der Waals surface area contributed by atoms with Crippen LogP contribution in [0.4, 0.5) is 11.4 Å². The lowest BCUT2D eigenvalue weighted by molar-refractivity contribution is 0.476. The molecule has 0 aliphatic heterocycles. The van der Waals surface area contributed by atoms with Crippen molar-refractivity contribution in [1.29, 1.82) is 0 Å². The Balaban J connectivity index is 2.35. The summed E-state index contributed by atoms with van der Waals surface area (Å²) in [4.78, 5) is 0. The lowest BCUT2D eigenvalue weighted by Crippen LogP contribution is -1.77. The van der Waals surface area contributed by atoms with Crippen molar-refractivity contribution in [1.82, 2.24) is 0 Å². The monoisotopic (exact) mass is 328 g/mol. The number of aryl methyl sites for hydroxylation is 1. The number of hydrogen-bond acceptors (Lipinski definition) is 3. The molecule has 0 aliphatic rings. The van der Waals surface area contributed by atoms with E-state index in [9.17, 15) is 5.11 Å². The van der Waals surface area contributed by atoms with Crippen LogP contribution in [0.1, 0.15) is 12.5 Å². The summed E-state index contributed by atoms with van der Waals surface area (Å²) < 4.78 is 0.